The largest absolute Gasteiger partial charge is 0.382 e. The maximum Gasteiger partial charge on any atom is 0.266 e. The van der Waals surface area contributed by atoms with Crippen molar-refractivity contribution in [2.75, 3.05) is 13.1 Å². The lowest BCUT2D eigenvalue weighted by Gasteiger charge is -2.32. The first-order valence-corrected chi connectivity index (χ1v) is 6.87. The van der Waals surface area contributed by atoms with Gasteiger partial charge >= 0.3 is 0 Å². The molecule has 1 aromatic carbocycles. The highest BCUT2D eigenvalue weighted by Gasteiger charge is 2.34. The first kappa shape index (κ1) is 12.8. The van der Waals surface area contributed by atoms with Gasteiger partial charge in [0.2, 0.25) is 6.10 Å². The zero-order chi connectivity index (χ0) is 13.4. The van der Waals surface area contributed by atoms with Gasteiger partial charge in [-0.1, -0.05) is 34.4 Å². The van der Waals surface area contributed by atoms with Crippen LogP contribution < -0.4 is 0 Å². The van der Waals surface area contributed by atoms with E-state index in [1.165, 1.54) is 0 Å². The topological polar surface area (TPSA) is 41.9 Å². The van der Waals surface area contributed by atoms with Crippen LogP contribution in [0.2, 0.25) is 10.0 Å². The quantitative estimate of drug-likeness (QED) is 0.842. The van der Waals surface area contributed by atoms with E-state index >= 15 is 0 Å². The standard InChI is InChI=1S/C13H12Cl2N2O2/c14-8-2-3-9(10(15)6-8)11-7-12(19-16-11)13(18)17-4-1-5-17/h2-3,6,12H,1,4-5,7H2/t12-/m1/s1. The Morgan fingerprint density at radius 2 is 2.16 bits per heavy atom. The van der Waals surface area contributed by atoms with Crippen LogP contribution in [0.3, 0.4) is 0 Å². The average Bonchev–Trinajstić information content (AvgIpc) is 2.75. The van der Waals surface area contributed by atoms with Gasteiger partial charge in [-0.25, -0.2) is 0 Å². The number of amides is 1. The smallest absolute Gasteiger partial charge is 0.266 e. The first-order chi connectivity index (χ1) is 9.15. The minimum Gasteiger partial charge on any atom is -0.382 e. The van der Waals surface area contributed by atoms with Crippen LogP contribution in [0.4, 0.5) is 0 Å². The molecule has 0 radical (unpaired) electrons. The number of likely N-dealkylation sites (tertiary alicyclic amines) is 1. The summed E-state index contributed by atoms with van der Waals surface area (Å²) in [6, 6.07) is 5.20. The lowest BCUT2D eigenvalue weighted by Crippen LogP contribution is -2.47. The Labute approximate surface area is 120 Å². The number of rotatable bonds is 2. The lowest BCUT2D eigenvalue weighted by atomic mass is 10.0. The van der Waals surface area contributed by atoms with E-state index in [4.69, 9.17) is 28.0 Å². The molecule has 1 fully saturated rings. The molecule has 0 saturated carbocycles. The van der Waals surface area contributed by atoms with Crippen molar-refractivity contribution in [3.8, 4) is 0 Å². The van der Waals surface area contributed by atoms with E-state index in [9.17, 15) is 4.79 Å². The van der Waals surface area contributed by atoms with Crippen LogP contribution in [-0.4, -0.2) is 35.7 Å². The first-order valence-electron chi connectivity index (χ1n) is 6.12. The summed E-state index contributed by atoms with van der Waals surface area (Å²) in [5.41, 5.74) is 1.46. The number of benzene rings is 1. The minimum atomic E-state index is -0.512. The summed E-state index contributed by atoms with van der Waals surface area (Å²) in [4.78, 5) is 19.0. The zero-order valence-corrected chi connectivity index (χ0v) is 11.6. The van der Waals surface area contributed by atoms with Crippen molar-refractivity contribution in [1.82, 2.24) is 4.90 Å². The van der Waals surface area contributed by atoms with Gasteiger partial charge in [-0.15, -0.1) is 0 Å². The van der Waals surface area contributed by atoms with E-state index in [1.54, 1.807) is 23.1 Å². The summed E-state index contributed by atoms with van der Waals surface area (Å²) in [6.07, 6.45) is 1.01. The zero-order valence-electron chi connectivity index (χ0n) is 10.1. The number of carbonyl (C=O) groups is 1. The highest BCUT2D eigenvalue weighted by Crippen LogP contribution is 2.27. The molecule has 0 bridgehead atoms. The van der Waals surface area contributed by atoms with Crippen molar-refractivity contribution in [3.05, 3.63) is 33.8 Å². The number of carbonyl (C=O) groups excluding carboxylic acids is 1. The third kappa shape index (κ3) is 2.42. The second-order valence-electron chi connectivity index (χ2n) is 4.64. The van der Waals surface area contributed by atoms with E-state index in [1.807, 2.05) is 0 Å². The van der Waals surface area contributed by atoms with Gasteiger partial charge < -0.3 is 9.74 Å². The monoisotopic (exact) mass is 298 g/mol. The molecular formula is C13H12Cl2N2O2. The van der Waals surface area contributed by atoms with E-state index in [0.717, 1.165) is 25.1 Å². The highest BCUT2D eigenvalue weighted by atomic mass is 35.5. The maximum absolute atomic E-state index is 12.0. The molecule has 1 saturated heterocycles. The Morgan fingerprint density at radius 1 is 1.37 bits per heavy atom. The van der Waals surface area contributed by atoms with E-state index < -0.39 is 6.10 Å². The molecule has 4 nitrogen and oxygen atoms in total. The molecular weight excluding hydrogens is 287 g/mol. The number of hydrogen-bond donors (Lipinski definition) is 0. The van der Waals surface area contributed by atoms with Crippen LogP contribution in [0.25, 0.3) is 0 Å². The van der Waals surface area contributed by atoms with E-state index in [2.05, 4.69) is 5.16 Å². The van der Waals surface area contributed by atoms with Gasteiger partial charge in [0.05, 0.1) is 10.7 Å². The highest BCUT2D eigenvalue weighted by molar-refractivity contribution is 6.37. The normalized spacial score (nSPS) is 21.7. The Bertz CT molecular complexity index is 556. The molecule has 1 atom stereocenters. The summed E-state index contributed by atoms with van der Waals surface area (Å²) in [5, 5.41) is 5.07. The Morgan fingerprint density at radius 3 is 2.79 bits per heavy atom. The fraction of sp³-hybridized carbons (Fsp3) is 0.385. The summed E-state index contributed by atoms with van der Waals surface area (Å²) in [5.74, 6) is 0.00934. The number of halogens is 2. The molecule has 0 aliphatic carbocycles. The SMILES string of the molecule is O=C([C@H]1CC(c2ccc(Cl)cc2Cl)=NO1)N1CCC1. The summed E-state index contributed by atoms with van der Waals surface area (Å²) in [7, 11) is 0. The fourth-order valence-electron chi connectivity index (χ4n) is 2.13. The van der Waals surface area contributed by atoms with Crippen molar-refractivity contribution in [2.45, 2.75) is 18.9 Å². The molecule has 0 N–H and O–H groups in total. The van der Waals surface area contributed by atoms with Crippen molar-refractivity contribution in [3.63, 3.8) is 0 Å². The second-order valence-corrected chi connectivity index (χ2v) is 5.48. The molecule has 0 spiro atoms. The predicted octanol–water partition coefficient (Wildman–Crippen LogP) is 2.72. The van der Waals surface area contributed by atoms with Crippen LogP contribution in [0.1, 0.15) is 18.4 Å². The van der Waals surface area contributed by atoms with Gasteiger partial charge in [0.15, 0.2) is 0 Å². The second kappa shape index (κ2) is 5.02. The maximum atomic E-state index is 12.0. The number of hydrogen-bond acceptors (Lipinski definition) is 3. The van der Waals surface area contributed by atoms with Crippen LogP contribution in [0.5, 0.6) is 0 Å². The lowest BCUT2D eigenvalue weighted by molar-refractivity contribution is -0.145. The molecule has 2 heterocycles. The van der Waals surface area contributed by atoms with Crippen LogP contribution >= 0.6 is 23.2 Å². The van der Waals surface area contributed by atoms with E-state index in [-0.39, 0.29) is 5.91 Å². The van der Waals surface area contributed by atoms with Crippen molar-refractivity contribution < 1.29 is 9.63 Å². The Balaban J connectivity index is 1.72. The van der Waals surface area contributed by atoms with E-state index in [0.29, 0.717) is 22.2 Å². The van der Waals surface area contributed by atoms with Crippen LogP contribution in [0.15, 0.2) is 23.4 Å². The van der Waals surface area contributed by atoms with Crippen molar-refractivity contribution >= 4 is 34.8 Å². The van der Waals surface area contributed by atoms with Gasteiger partial charge in [-0.2, -0.15) is 0 Å². The molecule has 3 rings (SSSR count). The minimum absolute atomic E-state index is 0.00934. The van der Waals surface area contributed by atoms with Crippen LogP contribution in [-0.2, 0) is 9.63 Å². The number of nitrogens with zero attached hydrogens (tertiary/aromatic N) is 2. The molecule has 1 amide bonds. The molecule has 2 aliphatic heterocycles. The van der Waals surface area contributed by atoms with Gasteiger partial charge in [-0.05, 0) is 18.6 Å². The molecule has 0 unspecified atom stereocenters. The average molecular weight is 299 g/mol. The third-order valence-electron chi connectivity index (χ3n) is 3.35. The molecule has 0 aromatic heterocycles. The van der Waals surface area contributed by atoms with Gasteiger partial charge in [0.1, 0.15) is 0 Å². The Kier molecular flexibility index (Phi) is 3.37. The third-order valence-corrected chi connectivity index (χ3v) is 3.90. The van der Waals surface area contributed by atoms with Gasteiger partial charge in [0, 0.05) is 30.1 Å². The summed E-state index contributed by atoms with van der Waals surface area (Å²) >= 11 is 12.0. The predicted molar refractivity (Wildman–Crippen MR) is 73.7 cm³/mol. The van der Waals surface area contributed by atoms with Gasteiger partial charge in [-0.3, -0.25) is 4.79 Å². The van der Waals surface area contributed by atoms with Crippen molar-refractivity contribution in [1.29, 1.82) is 0 Å². The van der Waals surface area contributed by atoms with Crippen LogP contribution in [0, 0.1) is 0 Å². The molecule has 19 heavy (non-hydrogen) atoms. The molecule has 2 aliphatic rings. The number of oxime groups is 1. The summed E-state index contributed by atoms with van der Waals surface area (Å²) < 4.78 is 0. The fourth-order valence-corrected chi connectivity index (χ4v) is 2.65. The molecule has 6 heteroatoms. The summed E-state index contributed by atoms with van der Waals surface area (Å²) in [6.45, 7) is 1.63. The van der Waals surface area contributed by atoms with Crippen molar-refractivity contribution in [2.24, 2.45) is 5.16 Å². The van der Waals surface area contributed by atoms with Gasteiger partial charge in [0.25, 0.3) is 5.91 Å². The molecule has 1 aromatic rings. The Hall–Kier alpha value is -1.26. The molecule has 100 valence electrons.